The van der Waals surface area contributed by atoms with Crippen LogP contribution in [-0.4, -0.2) is 40.7 Å². The zero-order chi connectivity index (χ0) is 19.3. The summed E-state index contributed by atoms with van der Waals surface area (Å²) >= 11 is 0.891. The zero-order valence-electron chi connectivity index (χ0n) is 15.3. The molecule has 2 N–H and O–H groups in total. The topological polar surface area (TPSA) is 100 Å². The van der Waals surface area contributed by atoms with Crippen molar-refractivity contribution in [1.29, 1.82) is 0 Å². The van der Waals surface area contributed by atoms with Crippen molar-refractivity contribution in [3.63, 3.8) is 0 Å². The van der Waals surface area contributed by atoms with Gasteiger partial charge in [0.25, 0.3) is 11.1 Å². The quantitative estimate of drug-likeness (QED) is 0.714. The lowest BCUT2D eigenvalue weighted by Gasteiger charge is -2.32. The van der Waals surface area contributed by atoms with E-state index >= 15 is 0 Å². The molecule has 28 heavy (non-hydrogen) atoms. The van der Waals surface area contributed by atoms with Crippen LogP contribution in [0.3, 0.4) is 0 Å². The number of hydrogen-bond acceptors (Lipinski definition) is 8. The highest BCUT2D eigenvalue weighted by Crippen LogP contribution is 2.26. The summed E-state index contributed by atoms with van der Waals surface area (Å²) in [6.45, 7) is 3.59. The predicted molar refractivity (Wildman–Crippen MR) is 106 cm³/mol. The second-order valence-corrected chi connectivity index (χ2v) is 7.84. The van der Waals surface area contributed by atoms with E-state index in [0.29, 0.717) is 22.5 Å². The number of carbonyl (C=O) groups excluding carboxylic acids is 2. The van der Waals surface area contributed by atoms with E-state index in [-0.39, 0.29) is 11.1 Å². The molecule has 146 valence electrons. The summed E-state index contributed by atoms with van der Waals surface area (Å²) in [7, 11) is 0. The van der Waals surface area contributed by atoms with E-state index in [1.165, 1.54) is 0 Å². The van der Waals surface area contributed by atoms with Crippen LogP contribution in [0.4, 0.5) is 10.7 Å². The van der Waals surface area contributed by atoms with Crippen LogP contribution in [0.2, 0.25) is 0 Å². The van der Waals surface area contributed by atoms with Crippen LogP contribution in [0.5, 0.6) is 0 Å². The molecule has 0 spiro atoms. The third-order valence-corrected chi connectivity index (χ3v) is 5.64. The van der Waals surface area contributed by atoms with E-state index in [4.69, 9.17) is 4.42 Å². The number of aromatic nitrogens is 2. The lowest BCUT2D eigenvalue weighted by molar-refractivity contribution is -0.115. The maximum absolute atomic E-state index is 11.7. The number of nitrogens with one attached hydrogen (secondary N) is 2. The maximum atomic E-state index is 11.7. The molecule has 2 aromatic heterocycles. The van der Waals surface area contributed by atoms with Crippen molar-refractivity contribution in [2.24, 2.45) is 5.92 Å². The van der Waals surface area contributed by atoms with Gasteiger partial charge in [-0.2, -0.15) is 0 Å². The van der Waals surface area contributed by atoms with Gasteiger partial charge in [-0.1, -0.05) is 0 Å². The molecule has 8 nitrogen and oxygen atoms in total. The molecule has 0 atom stereocenters. The Bertz CT molecular complexity index is 875. The molecule has 4 heterocycles. The molecule has 9 heteroatoms. The van der Waals surface area contributed by atoms with E-state index < -0.39 is 0 Å². The lowest BCUT2D eigenvalue weighted by Crippen LogP contribution is -2.38. The Morgan fingerprint density at radius 2 is 2.18 bits per heavy atom. The number of imide groups is 1. The minimum Gasteiger partial charge on any atom is -0.472 e. The molecule has 0 aliphatic carbocycles. The number of rotatable bonds is 6. The Balaban J connectivity index is 1.30. The Morgan fingerprint density at radius 3 is 2.89 bits per heavy atom. The molecule has 2 aliphatic heterocycles. The fourth-order valence-electron chi connectivity index (χ4n) is 3.30. The highest BCUT2D eigenvalue weighted by Gasteiger charge is 2.25. The molecule has 0 unspecified atom stereocenters. The normalized spacial score (nSPS) is 19.4. The smallest absolute Gasteiger partial charge is 0.290 e. The van der Waals surface area contributed by atoms with Crippen molar-refractivity contribution in [1.82, 2.24) is 20.6 Å². The number of hydrogen-bond donors (Lipinski definition) is 2. The summed E-state index contributed by atoms with van der Waals surface area (Å²) in [4.78, 5) is 34.4. The highest BCUT2D eigenvalue weighted by molar-refractivity contribution is 8.18. The van der Waals surface area contributed by atoms with Gasteiger partial charge in [0.05, 0.1) is 23.1 Å². The number of anilines is 1. The molecular weight excluding hydrogens is 378 g/mol. The SMILES string of the molecule is O=C1NC(=O)C(=Cc2ccnc(N3CCC(CNCc4ccoc4)CC3)n2)S1. The first-order chi connectivity index (χ1) is 13.7. The molecule has 4 rings (SSSR count). The van der Waals surface area contributed by atoms with E-state index in [1.807, 2.05) is 6.07 Å². The predicted octanol–water partition coefficient (Wildman–Crippen LogP) is 2.40. The van der Waals surface area contributed by atoms with Gasteiger partial charge in [0.2, 0.25) is 5.95 Å². The van der Waals surface area contributed by atoms with Crippen molar-refractivity contribution in [2.75, 3.05) is 24.5 Å². The minimum absolute atomic E-state index is 0.353. The maximum Gasteiger partial charge on any atom is 0.290 e. The van der Waals surface area contributed by atoms with Gasteiger partial charge < -0.3 is 14.6 Å². The van der Waals surface area contributed by atoms with Gasteiger partial charge in [-0.3, -0.25) is 14.9 Å². The summed E-state index contributed by atoms with van der Waals surface area (Å²) in [6.07, 6.45) is 8.91. The van der Waals surface area contributed by atoms with Crippen molar-refractivity contribution < 1.29 is 14.0 Å². The standard InChI is InChI=1S/C19H21N5O3S/c25-17-16(28-19(26)23-17)9-15-1-5-21-18(22-15)24-6-2-13(3-7-24)10-20-11-14-4-8-27-12-14/h1,4-5,8-9,12-13,20H,2-3,6-7,10-11H2,(H,23,25,26). The van der Waals surface area contributed by atoms with Crippen molar-refractivity contribution in [3.8, 4) is 0 Å². The van der Waals surface area contributed by atoms with Crippen LogP contribution in [0.15, 0.2) is 40.2 Å². The fourth-order valence-corrected chi connectivity index (χ4v) is 3.97. The first-order valence-corrected chi connectivity index (χ1v) is 10.0. The van der Waals surface area contributed by atoms with E-state index in [0.717, 1.165) is 56.3 Å². The summed E-state index contributed by atoms with van der Waals surface area (Å²) in [5, 5.41) is 5.38. The number of furan rings is 1. The fraction of sp³-hybridized carbons (Fsp3) is 0.368. The first kappa shape index (κ1) is 18.7. The van der Waals surface area contributed by atoms with Gasteiger partial charge in [-0.25, -0.2) is 9.97 Å². The van der Waals surface area contributed by atoms with Crippen molar-refractivity contribution >= 4 is 34.9 Å². The Labute approximate surface area is 166 Å². The first-order valence-electron chi connectivity index (χ1n) is 9.22. The molecule has 2 fully saturated rings. The van der Waals surface area contributed by atoms with Gasteiger partial charge >= 0.3 is 0 Å². The van der Waals surface area contributed by atoms with E-state index in [2.05, 4.69) is 25.5 Å². The molecular formula is C19H21N5O3S. The third kappa shape index (κ3) is 4.60. The van der Waals surface area contributed by atoms with Crippen molar-refractivity contribution in [2.45, 2.75) is 19.4 Å². The molecule has 2 aromatic rings. The highest BCUT2D eigenvalue weighted by atomic mass is 32.2. The van der Waals surface area contributed by atoms with Crippen LogP contribution in [0, 0.1) is 5.92 Å². The van der Waals surface area contributed by atoms with Crippen LogP contribution in [-0.2, 0) is 11.3 Å². The Kier molecular flexibility index (Phi) is 5.73. The van der Waals surface area contributed by atoms with E-state index in [1.54, 1.807) is 30.9 Å². The largest absolute Gasteiger partial charge is 0.472 e. The average molecular weight is 399 g/mol. The summed E-state index contributed by atoms with van der Waals surface area (Å²) in [6, 6.07) is 3.71. The third-order valence-electron chi connectivity index (χ3n) is 4.83. The van der Waals surface area contributed by atoms with Crippen LogP contribution < -0.4 is 15.5 Å². The molecule has 0 aromatic carbocycles. The summed E-state index contributed by atoms with van der Waals surface area (Å²) in [5.74, 6) is 0.908. The van der Waals surface area contributed by atoms with Gasteiger partial charge in [-0.15, -0.1) is 0 Å². The second kappa shape index (κ2) is 8.57. The lowest BCUT2D eigenvalue weighted by atomic mass is 9.97. The number of amides is 2. The van der Waals surface area contributed by atoms with Crippen molar-refractivity contribution in [3.05, 3.63) is 47.0 Å². The van der Waals surface area contributed by atoms with Gasteiger partial charge in [0.1, 0.15) is 0 Å². The van der Waals surface area contributed by atoms with E-state index in [9.17, 15) is 9.59 Å². The molecule has 2 saturated heterocycles. The molecule has 0 saturated carbocycles. The molecule has 2 amide bonds. The molecule has 2 aliphatic rings. The zero-order valence-corrected chi connectivity index (χ0v) is 16.1. The molecule has 0 radical (unpaired) electrons. The number of thioether (sulfide) groups is 1. The van der Waals surface area contributed by atoms with Gasteiger partial charge in [0.15, 0.2) is 0 Å². The summed E-state index contributed by atoms with van der Waals surface area (Å²) < 4.78 is 5.08. The molecule has 0 bridgehead atoms. The van der Waals surface area contributed by atoms with Crippen LogP contribution in [0.1, 0.15) is 24.1 Å². The second-order valence-electron chi connectivity index (χ2n) is 6.83. The van der Waals surface area contributed by atoms with Crippen LogP contribution >= 0.6 is 11.8 Å². The minimum atomic E-state index is -0.376. The number of carbonyl (C=O) groups is 2. The average Bonchev–Trinajstić information content (AvgIpc) is 3.32. The number of piperidine rings is 1. The van der Waals surface area contributed by atoms with Gasteiger partial charge in [0, 0.05) is 31.4 Å². The van der Waals surface area contributed by atoms with Crippen LogP contribution in [0.25, 0.3) is 6.08 Å². The Morgan fingerprint density at radius 1 is 1.32 bits per heavy atom. The Hall–Kier alpha value is -2.65. The van der Waals surface area contributed by atoms with Gasteiger partial charge in [-0.05, 0) is 55.3 Å². The number of nitrogens with zero attached hydrogens (tertiary/aromatic N) is 3. The summed E-state index contributed by atoms with van der Waals surface area (Å²) in [5.41, 5.74) is 1.79. The monoisotopic (exact) mass is 399 g/mol.